The fourth-order valence-corrected chi connectivity index (χ4v) is 4.20. The number of hydrogen-bond donors (Lipinski definition) is 0. The molecule has 0 aliphatic carbocycles. The molecule has 28 heavy (non-hydrogen) atoms. The molecular weight excluding hydrogens is 343 g/mol. The van der Waals surface area contributed by atoms with Gasteiger partial charge in [-0.05, 0) is 12.8 Å². The quantitative estimate of drug-likeness (QED) is 0.142. The van der Waals surface area contributed by atoms with Crippen LogP contribution in [0.5, 0.6) is 0 Å². The highest BCUT2D eigenvalue weighted by molar-refractivity contribution is 4.58. The lowest BCUT2D eigenvalue weighted by atomic mass is 10.0. The fourth-order valence-electron chi connectivity index (χ4n) is 4.20. The van der Waals surface area contributed by atoms with Crippen molar-refractivity contribution >= 4 is 0 Å². The van der Waals surface area contributed by atoms with Crippen LogP contribution in [0.25, 0.3) is 0 Å². The normalized spacial score (nSPS) is 12.5. The lowest BCUT2D eigenvalue weighted by molar-refractivity contribution is 0.279. The minimum Gasteiger partial charge on any atom is -0.247 e. The van der Waals surface area contributed by atoms with E-state index in [9.17, 15) is 4.39 Å². The molecule has 0 aromatic rings. The van der Waals surface area contributed by atoms with Crippen LogP contribution in [0.2, 0.25) is 0 Å². The Hall–Kier alpha value is -0.0700. The molecule has 0 aliphatic heterocycles. The first kappa shape index (κ1) is 27.9. The van der Waals surface area contributed by atoms with E-state index in [1.165, 1.54) is 128 Å². The smallest absolute Gasteiger partial charge is 0.100 e. The molecule has 0 bridgehead atoms. The van der Waals surface area contributed by atoms with Crippen molar-refractivity contribution in [2.45, 2.75) is 174 Å². The molecule has 0 aromatic heterocycles. The van der Waals surface area contributed by atoms with Crippen LogP contribution in [0, 0.1) is 0 Å². The third-order valence-corrected chi connectivity index (χ3v) is 6.24. The van der Waals surface area contributed by atoms with Crippen molar-refractivity contribution in [3.05, 3.63) is 0 Å². The van der Waals surface area contributed by atoms with E-state index in [2.05, 4.69) is 13.8 Å². The van der Waals surface area contributed by atoms with E-state index >= 15 is 0 Å². The van der Waals surface area contributed by atoms with Gasteiger partial charge in [-0.25, -0.2) is 4.39 Å². The van der Waals surface area contributed by atoms with Gasteiger partial charge in [0.25, 0.3) is 0 Å². The van der Waals surface area contributed by atoms with Crippen molar-refractivity contribution < 1.29 is 4.39 Å². The van der Waals surface area contributed by atoms with Crippen LogP contribution in [0.3, 0.4) is 0 Å². The van der Waals surface area contributed by atoms with Crippen LogP contribution in [0.4, 0.5) is 4.39 Å². The van der Waals surface area contributed by atoms with E-state index in [1.54, 1.807) is 0 Å². The molecule has 0 amide bonds. The largest absolute Gasteiger partial charge is 0.247 e. The van der Waals surface area contributed by atoms with E-state index in [1.807, 2.05) is 0 Å². The Morgan fingerprint density at radius 3 is 0.821 bits per heavy atom. The molecule has 0 saturated heterocycles. The zero-order valence-electron chi connectivity index (χ0n) is 19.9. The molecule has 0 N–H and O–H groups in total. The molecule has 0 rings (SSSR count). The first-order valence-electron chi connectivity index (χ1n) is 13.4. The van der Waals surface area contributed by atoms with Crippen molar-refractivity contribution in [1.29, 1.82) is 0 Å². The molecule has 1 heteroatoms. The van der Waals surface area contributed by atoms with Crippen LogP contribution in [0.1, 0.15) is 168 Å². The Morgan fingerprint density at radius 1 is 0.357 bits per heavy atom. The van der Waals surface area contributed by atoms with Crippen molar-refractivity contribution in [3.63, 3.8) is 0 Å². The number of rotatable bonds is 24. The lowest BCUT2D eigenvalue weighted by Crippen LogP contribution is -2.00. The molecule has 170 valence electrons. The molecule has 0 saturated carbocycles. The lowest BCUT2D eigenvalue weighted by Gasteiger charge is -2.08. The average Bonchev–Trinajstić information content (AvgIpc) is 2.70. The summed E-state index contributed by atoms with van der Waals surface area (Å²) in [6.45, 7) is 4.54. The van der Waals surface area contributed by atoms with E-state index in [-0.39, 0.29) is 0 Å². The van der Waals surface area contributed by atoms with Crippen LogP contribution in [-0.4, -0.2) is 6.17 Å². The monoisotopic (exact) mass is 398 g/mol. The molecule has 1 atom stereocenters. The summed E-state index contributed by atoms with van der Waals surface area (Å²) in [7, 11) is 0. The van der Waals surface area contributed by atoms with E-state index in [0.717, 1.165) is 25.7 Å². The second-order valence-electron chi connectivity index (χ2n) is 9.25. The number of unbranched alkanes of at least 4 members (excludes halogenated alkanes) is 20. The second kappa shape index (κ2) is 25.0. The Balaban J connectivity index is 3.10. The SMILES string of the molecule is CCCCCCCCCCCCCCCCCC(F)CCCCCCCCC. The van der Waals surface area contributed by atoms with Gasteiger partial charge in [0.05, 0.1) is 0 Å². The van der Waals surface area contributed by atoms with Crippen molar-refractivity contribution in [3.8, 4) is 0 Å². The van der Waals surface area contributed by atoms with Gasteiger partial charge in [-0.3, -0.25) is 0 Å². The van der Waals surface area contributed by atoms with Crippen molar-refractivity contribution in [2.75, 3.05) is 0 Å². The molecule has 0 fully saturated rings. The predicted octanol–water partition coefficient (Wildman–Crippen LogP) is 10.7. The molecule has 0 aromatic carbocycles. The molecule has 1 unspecified atom stereocenters. The first-order valence-corrected chi connectivity index (χ1v) is 13.4. The van der Waals surface area contributed by atoms with Gasteiger partial charge in [0.15, 0.2) is 0 Å². The van der Waals surface area contributed by atoms with Gasteiger partial charge in [-0.1, -0.05) is 155 Å². The summed E-state index contributed by atoms with van der Waals surface area (Å²) in [4.78, 5) is 0. The minimum atomic E-state index is -0.530. The van der Waals surface area contributed by atoms with Crippen molar-refractivity contribution in [1.82, 2.24) is 0 Å². The highest BCUT2D eigenvalue weighted by Crippen LogP contribution is 2.17. The highest BCUT2D eigenvalue weighted by atomic mass is 19.1. The zero-order valence-corrected chi connectivity index (χ0v) is 19.9. The maximum absolute atomic E-state index is 13.9. The first-order chi connectivity index (χ1) is 13.8. The summed E-state index contributed by atoms with van der Waals surface area (Å²) in [5, 5.41) is 0. The third kappa shape index (κ3) is 24.0. The Kier molecular flexibility index (Phi) is 24.9. The molecular formula is C27H55F. The van der Waals surface area contributed by atoms with Crippen molar-refractivity contribution in [2.24, 2.45) is 0 Å². The number of alkyl halides is 1. The standard InChI is InChI=1S/C27H55F/c1-3-5-7-9-11-12-13-14-15-16-17-18-20-22-24-26-27(28)25-23-21-19-10-8-6-4-2/h27H,3-26H2,1-2H3. The summed E-state index contributed by atoms with van der Waals surface area (Å²) in [6.07, 6.45) is 30.9. The molecule has 0 spiro atoms. The Morgan fingerprint density at radius 2 is 0.571 bits per heavy atom. The van der Waals surface area contributed by atoms with Gasteiger partial charge < -0.3 is 0 Å². The van der Waals surface area contributed by atoms with Crippen LogP contribution in [-0.2, 0) is 0 Å². The van der Waals surface area contributed by atoms with E-state index in [4.69, 9.17) is 0 Å². The molecule has 0 radical (unpaired) electrons. The summed E-state index contributed by atoms with van der Waals surface area (Å²) in [6, 6.07) is 0. The van der Waals surface area contributed by atoms with Crippen LogP contribution < -0.4 is 0 Å². The summed E-state index contributed by atoms with van der Waals surface area (Å²) < 4.78 is 13.9. The van der Waals surface area contributed by atoms with Gasteiger partial charge in [0, 0.05) is 0 Å². The van der Waals surface area contributed by atoms with E-state index in [0.29, 0.717) is 0 Å². The second-order valence-corrected chi connectivity index (χ2v) is 9.25. The molecule has 0 nitrogen and oxygen atoms in total. The minimum absolute atomic E-state index is 0.530. The fraction of sp³-hybridized carbons (Fsp3) is 1.00. The summed E-state index contributed by atoms with van der Waals surface area (Å²) in [5.41, 5.74) is 0. The molecule has 0 aliphatic rings. The topological polar surface area (TPSA) is 0 Å². The number of hydrogen-bond acceptors (Lipinski definition) is 0. The predicted molar refractivity (Wildman–Crippen MR) is 127 cm³/mol. The average molecular weight is 399 g/mol. The van der Waals surface area contributed by atoms with E-state index < -0.39 is 6.17 Å². The van der Waals surface area contributed by atoms with Gasteiger partial charge in [0.2, 0.25) is 0 Å². The van der Waals surface area contributed by atoms with Crippen LogP contribution in [0.15, 0.2) is 0 Å². The highest BCUT2D eigenvalue weighted by Gasteiger charge is 2.05. The number of halogens is 1. The Labute approximate surface area is 178 Å². The zero-order chi connectivity index (χ0) is 20.5. The van der Waals surface area contributed by atoms with Crippen LogP contribution >= 0.6 is 0 Å². The third-order valence-electron chi connectivity index (χ3n) is 6.24. The summed E-state index contributed by atoms with van der Waals surface area (Å²) >= 11 is 0. The maximum Gasteiger partial charge on any atom is 0.100 e. The van der Waals surface area contributed by atoms with Gasteiger partial charge in [-0.15, -0.1) is 0 Å². The maximum atomic E-state index is 13.9. The Bertz CT molecular complexity index is 263. The summed E-state index contributed by atoms with van der Waals surface area (Å²) in [5.74, 6) is 0. The van der Waals surface area contributed by atoms with Gasteiger partial charge in [-0.2, -0.15) is 0 Å². The van der Waals surface area contributed by atoms with Gasteiger partial charge >= 0.3 is 0 Å². The van der Waals surface area contributed by atoms with Gasteiger partial charge in [0.1, 0.15) is 6.17 Å². The molecule has 0 heterocycles.